The number of carbonyl (C=O) groups excluding carboxylic acids is 2. The lowest BCUT2D eigenvalue weighted by Crippen LogP contribution is -2.54. The standard InChI is InChI=1S/C27H34N4O6S/c1-17(2)14-21(30-27(34)24-15-19-9-4-5-11-23(19)37-24)26(33)29-20-10-7-13-31(16-22(20)32)38(35,36)25-12-6-8-18(3)28-25/h4-6,8-9,11-12,15,17,20-22,32H,7,10,13-14,16H2,1-3H3,(H,29,33)(H,30,34)/t20?,21-,22?/m0/s1. The number of β-amino-alcohol motifs (C(OH)–C–C–N with tert-alkyl or cyclic N) is 1. The Morgan fingerprint density at radius 1 is 1.18 bits per heavy atom. The van der Waals surface area contributed by atoms with Crippen molar-refractivity contribution in [2.75, 3.05) is 13.1 Å². The van der Waals surface area contributed by atoms with Crippen LogP contribution in [0.15, 0.2) is 58.0 Å². The highest BCUT2D eigenvalue weighted by Gasteiger charge is 2.35. The second kappa shape index (κ2) is 11.6. The molecule has 2 unspecified atom stereocenters. The first-order chi connectivity index (χ1) is 18.0. The van der Waals surface area contributed by atoms with Crippen LogP contribution < -0.4 is 10.6 Å². The van der Waals surface area contributed by atoms with Gasteiger partial charge in [-0.15, -0.1) is 0 Å². The largest absolute Gasteiger partial charge is 0.451 e. The Morgan fingerprint density at radius 3 is 2.66 bits per heavy atom. The minimum absolute atomic E-state index is 0.0718. The van der Waals surface area contributed by atoms with Crippen LogP contribution in [0.5, 0.6) is 0 Å². The maximum atomic E-state index is 13.3. The highest BCUT2D eigenvalue weighted by molar-refractivity contribution is 7.89. The van der Waals surface area contributed by atoms with Crippen LogP contribution in [0.3, 0.4) is 0 Å². The molecule has 1 saturated heterocycles. The quantitative estimate of drug-likeness (QED) is 0.397. The van der Waals surface area contributed by atoms with Crippen LogP contribution in [0.1, 0.15) is 49.4 Å². The first-order valence-electron chi connectivity index (χ1n) is 12.8. The predicted octanol–water partition coefficient (Wildman–Crippen LogP) is 2.61. The molecule has 0 spiro atoms. The number of rotatable bonds is 8. The molecule has 38 heavy (non-hydrogen) atoms. The number of nitrogens with zero attached hydrogens (tertiary/aromatic N) is 2. The number of nitrogens with one attached hydrogen (secondary N) is 2. The van der Waals surface area contributed by atoms with E-state index >= 15 is 0 Å². The van der Waals surface area contributed by atoms with Crippen LogP contribution in [0.4, 0.5) is 0 Å². The number of aromatic nitrogens is 1. The summed E-state index contributed by atoms with van der Waals surface area (Å²) in [4.78, 5) is 30.3. The molecule has 3 heterocycles. The summed E-state index contributed by atoms with van der Waals surface area (Å²) in [7, 11) is -3.90. The zero-order valence-electron chi connectivity index (χ0n) is 21.8. The van der Waals surface area contributed by atoms with E-state index in [0.29, 0.717) is 30.5 Å². The van der Waals surface area contributed by atoms with Crippen molar-refractivity contribution < 1.29 is 27.5 Å². The van der Waals surface area contributed by atoms with Crippen molar-refractivity contribution >= 4 is 32.8 Å². The monoisotopic (exact) mass is 542 g/mol. The molecular weight excluding hydrogens is 508 g/mol. The first-order valence-corrected chi connectivity index (χ1v) is 14.2. The van der Waals surface area contributed by atoms with E-state index in [-0.39, 0.29) is 29.8 Å². The van der Waals surface area contributed by atoms with E-state index in [2.05, 4.69) is 15.6 Å². The van der Waals surface area contributed by atoms with Crippen LogP contribution in [-0.4, -0.2) is 65.9 Å². The molecule has 2 aromatic heterocycles. The smallest absolute Gasteiger partial charge is 0.287 e. The maximum absolute atomic E-state index is 13.3. The average molecular weight is 543 g/mol. The van der Waals surface area contributed by atoms with Gasteiger partial charge in [0.05, 0.1) is 12.1 Å². The Labute approximate surface area is 222 Å². The van der Waals surface area contributed by atoms with Crippen molar-refractivity contribution in [2.45, 2.75) is 63.2 Å². The topological polar surface area (TPSA) is 142 Å². The number of aliphatic hydroxyl groups is 1. The van der Waals surface area contributed by atoms with Crippen LogP contribution in [-0.2, 0) is 14.8 Å². The van der Waals surface area contributed by atoms with E-state index in [4.69, 9.17) is 4.42 Å². The van der Waals surface area contributed by atoms with E-state index < -0.39 is 40.0 Å². The average Bonchev–Trinajstić information content (AvgIpc) is 3.22. The Balaban J connectivity index is 1.44. The summed E-state index contributed by atoms with van der Waals surface area (Å²) in [5.74, 6) is -0.744. The Hall–Kier alpha value is -3.28. The van der Waals surface area contributed by atoms with Gasteiger partial charge in [-0.3, -0.25) is 9.59 Å². The first kappa shape index (κ1) is 27.7. The van der Waals surface area contributed by atoms with Gasteiger partial charge in [0.2, 0.25) is 5.91 Å². The fraction of sp³-hybridized carbons (Fsp3) is 0.444. The fourth-order valence-corrected chi connectivity index (χ4v) is 6.09. The van der Waals surface area contributed by atoms with Crippen LogP contribution in [0, 0.1) is 12.8 Å². The molecule has 3 N–H and O–H groups in total. The molecule has 3 atom stereocenters. The summed E-state index contributed by atoms with van der Waals surface area (Å²) in [6, 6.07) is 12.1. The summed E-state index contributed by atoms with van der Waals surface area (Å²) >= 11 is 0. The number of para-hydroxylation sites is 1. The third-order valence-corrected chi connectivity index (χ3v) is 8.32. The Morgan fingerprint density at radius 2 is 1.95 bits per heavy atom. The van der Waals surface area contributed by atoms with Crippen LogP contribution in [0.2, 0.25) is 0 Å². The van der Waals surface area contributed by atoms with Gasteiger partial charge in [0.25, 0.3) is 15.9 Å². The van der Waals surface area contributed by atoms with Gasteiger partial charge in [0, 0.05) is 24.2 Å². The number of hydrogen-bond acceptors (Lipinski definition) is 7. The van der Waals surface area contributed by atoms with Gasteiger partial charge in [-0.05, 0) is 56.4 Å². The normalized spacial score (nSPS) is 19.7. The number of aliphatic hydroxyl groups excluding tert-OH is 1. The third kappa shape index (κ3) is 6.40. The van der Waals surface area contributed by atoms with E-state index in [1.54, 1.807) is 31.2 Å². The highest BCUT2D eigenvalue weighted by atomic mass is 32.2. The molecule has 1 aliphatic heterocycles. The van der Waals surface area contributed by atoms with Gasteiger partial charge in [-0.1, -0.05) is 38.1 Å². The Bertz CT molecular complexity index is 1370. The Kier molecular flexibility index (Phi) is 8.49. The number of furan rings is 1. The van der Waals surface area contributed by atoms with E-state index in [9.17, 15) is 23.1 Å². The number of fused-ring (bicyclic) bond motifs is 1. The highest BCUT2D eigenvalue weighted by Crippen LogP contribution is 2.21. The zero-order valence-corrected chi connectivity index (χ0v) is 22.6. The molecule has 1 aliphatic rings. The maximum Gasteiger partial charge on any atom is 0.287 e. The van der Waals surface area contributed by atoms with Gasteiger partial charge >= 0.3 is 0 Å². The molecule has 0 bridgehead atoms. The summed E-state index contributed by atoms with van der Waals surface area (Å²) < 4.78 is 33.1. The lowest BCUT2D eigenvalue weighted by molar-refractivity contribution is -0.125. The van der Waals surface area contributed by atoms with Crippen molar-refractivity contribution in [1.82, 2.24) is 19.9 Å². The third-order valence-electron chi connectivity index (χ3n) is 6.55. The summed E-state index contributed by atoms with van der Waals surface area (Å²) in [6.45, 7) is 5.61. The van der Waals surface area contributed by atoms with Crippen LogP contribution >= 0.6 is 0 Å². The molecule has 0 saturated carbocycles. The molecule has 204 valence electrons. The van der Waals surface area contributed by atoms with E-state index in [1.807, 2.05) is 32.0 Å². The van der Waals surface area contributed by atoms with Crippen LogP contribution in [0.25, 0.3) is 11.0 Å². The second-order valence-corrected chi connectivity index (χ2v) is 12.0. The zero-order chi connectivity index (χ0) is 27.4. The molecule has 1 aromatic carbocycles. The van der Waals surface area contributed by atoms with Crippen molar-refractivity contribution in [1.29, 1.82) is 0 Å². The van der Waals surface area contributed by atoms with E-state index in [0.717, 1.165) is 5.39 Å². The number of sulfonamides is 1. The molecule has 1 fully saturated rings. The van der Waals surface area contributed by atoms with Crippen molar-refractivity contribution in [3.63, 3.8) is 0 Å². The van der Waals surface area contributed by atoms with Crippen molar-refractivity contribution in [2.24, 2.45) is 5.92 Å². The van der Waals surface area contributed by atoms with Crippen molar-refractivity contribution in [3.05, 3.63) is 60.0 Å². The molecule has 11 heteroatoms. The van der Waals surface area contributed by atoms with Gasteiger partial charge in [0.15, 0.2) is 10.8 Å². The van der Waals surface area contributed by atoms with Gasteiger partial charge in [-0.25, -0.2) is 13.4 Å². The molecule has 0 aliphatic carbocycles. The van der Waals surface area contributed by atoms with Gasteiger partial charge in [-0.2, -0.15) is 4.31 Å². The number of pyridine rings is 1. The molecule has 2 amide bonds. The van der Waals surface area contributed by atoms with E-state index in [1.165, 1.54) is 10.4 Å². The second-order valence-electron chi connectivity index (χ2n) is 10.1. The predicted molar refractivity (Wildman–Crippen MR) is 142 cm³/mol. The number of amides is 2. The summed E-state index contributed by atoms with van der Waals surface area (Å²) in [6.07, 6.45) is 0.0613. The lowest BCUT2D eigenvalue weighted by atomic mass is 10.0. The molecule has 0 radical (unpaired) electrons. The van der Waals surface area contributed by atoms with Gasteiger partial charge < -0.3 is 20.2 Å². The molecule has 3 aromatic rings. The minimum Gasteiger partial charge on any atom is -0.451 e. The number of benzene rings is 1. The SMILES string of the molecule is Cc1cccc(S(=O)(=O)N2CCCC(NC(=O)[C@H](CC(C)C)NC(=O)c3cc4ccccc4o3)C(O)C2)n1. The lowest BCUT2D eigenvalue weighted by Gasteiger charge is -2.27. The van der Waals surface area contributed by atoms with Crippen molar-refractivity contribution in [3.8, 4) is 0 Å². The summed E-state index contributed by atoms with van der Waals surface area (Å²) in [5, 5.41) is 17.2. The molecular formula is C27H34N4O6S. The fourth-order valence-electron chi connectivity index (χ4n) is 4.60. The molecule has 10 nitrogen and oxygen atoms in total. The number of aryl methyl sites for hydroxylation is 1. The van der Waals surface area contributed by atoms with Gasteiger partial charge in [0.1, 0.15) is 11.6 Å². The minimum atomic E-state index is -3.90. The summed E-state index contributed by atoms with van der Waals surface area (Å²) in [5.41, 5.74) is 1.15. The molecule has 4 rings (SSSR count). The number of carbonyl (C=O) groups is 2. The number of hydrogen-bond donors (Lipinski definition) is 3.